The van der Waals surface area contributed by atoms with E-state index in [9.17, 15) is 9.18 Å². The van der Waals surface area contributed by atoms with Crippen LogP contribution in [0.4, 0.5) is 10.1 Å². The minimum absolute atomic E-state index is 0.0828. The lowest BCUT2D eigenvalue weighted by molar-refractivity contribution is -0.113. The van der Waals surface area contributed by atoms with E-state index in [1.54, 1.807) is 23.7 Å². The first-order valence-corrected chi connectivity index (χ1v) is 10.3. The molecular weight excluding hydrogens is 438 g/mol. The average Bonchev–Trinajstić information content (AvgIpc) is 3.05. The zero-order chi connectivity index (χ0) is 21.0. The largest absolute Gasteiger partial charge is 0.481 e. The number of aromatic nitrogens is 3. The van der Waals surface area contributed by atoms with Gasteiger partial charge in [-0.3, -0.25) is 4.79 Å². The molecule has 1 aromatic heterocycles. The van der Waals surface area contributed by atoms with Crippen LogP contribution in [0.1, 0.15) is 18.9 Å². The lowest BCUT2D eigenvalue weighted by atomic mass is 10.3. The first kappa shape index (κ1) is 21.4. The molecule has 0 aliphatic rings. The van der Waals surface area contributed by atoms with E-state index in [-0.39, 0.29) is 16.7 Å². The molecule has 3 rings (SSSR count). The van der Waals surface area contributed by atoms with E-state index < -0.39 is 11.9 Å². The Balaban J connectivity index is 1.60. The molecule has 3 aromatic rings. The van der Waals surface area contributed by atoms with Crippen LogP contribution >= 0.6 is 35.0 Å². The van der Waals surface area contributed by atoms with Gasteiger partial charge in [0.2, 0.25) is 5.91 Å². The summed E-state index contributed by atoms with van der Waals surface area (Å²) in [5.41, 5.74) is 0.346. The van der Waals surface area contributed by atoms with Gasteiger partial charge >= 0.3 is 0 Å². The van der Waals surface area contributed by atoms with Crippen molar-refractivity contribution < 1.29 is 13.9 Å². The van der Waals surface area contributed by atoms with Gasteiger partial charge in [-0.25, -0.2) is 4.39 Å². The monoisotopic (exact) mass is 454 g/mol. The highest BCUT2D eigenvalue weighted by Gasteiger charge is 2.19. The number of nitrogens with one attached hydrogen (secondary N) is 1. The number of thioether (sulfide) groups is 1. The summed E-state index contributed by atoms with van der Waals surface area (Å²) in [6.45, 7) is 1.84. The van der Waals surface area contributed by atoms with Crippen LogP contribution in [0.2, 0.25) is 10.0 Å². The quantitative estimate of drug-likeness (QED) is 0.501. The zero-order valence-electron chi connectivity index (χ0n) is 15.5. The lowest BCUT2D eigenvalue weighted by Gasteiger charge is -2.15. The molecule has 1 N–H and O–H groups in total. The summed E-state index contributed by atoms with van der Waals surface area (Å²) in [6, 6.07) is 10.9. The summed E-state index contributed by atoms with van der Waals surface area (Å²) in [6.07, 6.45) is -0.395. The van der Waals surface area contributed by atoms with Crippen molar-refractivity contribution in [2.75, 3.05) is 11.1 Å². The summed E-state index contributed by atoms with van der Waals surface area (Å²) in [5, 5.41) is 12.1. The van der Waals surface area contributed by atoms with E-state index in [1.807, 2.05) is 19.1 Å². The fourth-order valence-electron chi connectivity index (χ4n) is 2.50. The number of carbonyl (C=O) groups excluding carboxylic acids is 1. The number of benzene rings is 2. The summed E-state index contributed by atoms with van der Waals surface area (Å²) in [4.78, 5) is 12.2. The highest BCUT2D eigenvalue weighted by atomic mass is 35.5. The molecule has 0 spiro atoms. The van der Waals surface area contributed by atoms with Crippen molar-refractivity contribution in [3.8, 4) is 5.75 Å². The molecule has 0 fully saturated rings. The predicted molar refractivity (Wildman–Crippen MR) is 112 cm³/mol. The van der Waals surface area contributed by atoms with Gasteiger partial charge in [0.15, 0.2) is 17.1 Å². The van der Waals surface area contributed by atoms with Crippen molar-refractivity contribution in [3.63, 3.8) is 0 Å². The number of ether oxygens (including phenoxy) is 1. The Morgan fingerprint density at radius 1 is 1.24 bits per heavy atom. The average molecular weight is 455 g/mol. The van der Waals surface area contributed by atoms with Gasteiger partial charge < -0.3 is 14.6 Å². The minimum Gasteiger partial charge on any atom is -0.481 e. The van der Waals surface area contributed by atoms with Crippen LogP contribution in [0, 0.1) is 5.82 Å². The number of hydrogen-bond donors (Lipinski definition) is 1. The van der Waals surface area contributed by atoms with E-state index in [0.29, 0.717) is 27.4 Å². The van der Waals surface area contributed by atoms with Crippen molar-refractivity contribution in [1.29, 1.82) is 0 Å². The van der Waals surface area contributed by atoms with Gasteiger partial charge in [0.1, 0.15) is 11.6 Å². The molecule has 2 aromatic carbocycles. The molecule has 0 saturated heterocycles. The summed E-state index contributed by atoms with van der Waals surface area (Å²) in [7, 11) is 1.79. The summed E-state index contributed by atoms with van der Waals surface area (Å²) >= 11 is 13.3. The van der Waals surface area contributed by atoms with Crippen LogP contribution in [0.3, 0.4) is 0 Å². The van der Waals surface area contributed by atoms with Crippen LogP contribution in [0.25, 0.3) is 0 Å². The lowest BCUT2D eigenvalue weighted by Crippen LogP contribution is -2.15. The van der Waals surface area contributed by atoms with Crippen molar-refractivity contribution in [2.24, 2.45) is 7.05 Å². The Labute approximate surface area is 181 Å². The summed E-state index contributed by atoms with van der Waals surface area (Å²) in [5.74, 6) is 0.457. The molecule has 1 heterocycles. The number of amides is 1. The molecule has 10 heteroatoms. The summed E-state index contributed by atoms with van der Waals surface area (Å²) < 4.78 is 20.7. The third-order valence-electron chi connectivity index (χ3n) is 3.91. The van der Waals surface area contributed by atoms with Crippen molar-refractivity contribution >= 4 is 46.6 Å². The number of halogens is 3. The fourth-order valence-corrected chi connectivity index (χ4v) is 3.61. The Morgan fingerprint density at radius 2 is 2.00 bits per heavy atom. The molecule has 1 unspecified atom stereocenters. The highest BCUT2D eigenvalue weighted by Crippen LogP contribution is 2.29. The van der Waals surface area contributed by atoms with E-state index in [1.165, 1.54) is 23.9 Å². The van der Waals surface area contributed by atoms with E-state index in [4.69, 9.17) is 27.9 Å². The van der Waals surface area contributed by atoms with E-state index in [2.05, 4.69) is 15.5 Å². The van der Waals surface area contributed by atoms with Crippen molar-refractivity contribution in [2.45, 2.75) is 18.2 Å². The molecular formula is C19H17Cl2FN4O2S. The van der Waals surface area contributed by atoms with Gasteiger partial charge in [0, 0.05) is 7.05 Å². The second-order valence-electron chi connectivity index (χ2n) is 6.05. The second-order valence-corrected chi connectivity index (χ2v) is 7.81. The molecule has 6 nitrogen and oxygen atoms in total. The fraction of sp³-hybridized carbons (Fsp3) is 0.211. The Bertz CT molecular complexity index is 1030. The van der Waals surface area contributed by atoms with Gasteiger partial charge in [0.05, 0.1) is 21.5 Å². The Morgan fingerprint density at radius 3 is 2.72 bits per heavy atom. The molecule has 0 radical (unpaired) electrons. The molecule has 152 valence electrons. The molecule has 0 saturated carbocycles. The van der Waals surface area contributed by atoms with Gasteiger partial charge in [0.25, 0.3) is 0 Å². The number of nitrogens with zero attached hydrogens (tertiary/aromatic N) is 3. The molecule has 0 aliphatic heterocycles. The maximum absolute atomic E-state index is 13.1. The number of hydrogen-bond acceptors (Lipinski definition) is 5. The third-order valence-corrected chi connectivity index (χ3v) is 5.56. The van der Waals surface area contributed by atoms with Crippen LogP contribution in [-0.2, 0) is 11.8 Å². The second kappa shape index (κ2) is 9.47. The van der Waals surface area contributed by atoms with Gasteiger partial charge in [-0.15, -0.1) is 10.2 Å². The van der Waals surface area contributed by atoms with Gasteiger partial charge in [-0.05, 0) is 37.3 Å². The maximum atomic E-state index is 13.1. The number of para-hydroxylation sites is 1. The highest BCUT2D eigenvalue weighted by molar-refractivity contribution is 7.99. The normalized spacial score (nSPS) is 11.9. The van der Waals surface area contributed by atoms with Crippen LogP contribution in [0.15, 0.2) is 47.6 Å². The maximum Gasteiger partial charge on any atom is 0.234 e. The topological polar surface area (TPSA) is 69.0 Å². The zero-order valence-corrected chi connectivity index (χ0v) is 17.9. The standard InChI is InChI=1S/C19H17Cl2FN4O2S/c1-11(28-16-6-4-3-5-13(16)20)18-24-25-19(26(18)2)29-10-17(27)23-15-8-7-12(22)9-14(15)21/h3-9,11H,10H2,1-2H3,(H,23,27). The predicted octanol–water partition coefficient (Wildman–Crippen LogP) is 5.13. The van der Waals surface area contributed by atoms with Crippen LogP contribution in [0.5, 0.6) is 5.75 Å². The Hall–Kier alpha value is -2.29. The molecule has 29 heavy (non-hydrogen) atoms. The smallest absolute Gasteiger partial charge is 0.234 e. The van der Waals surface area contributed by atoms with Crippen LogP contribution in [-0.4, -0.2) is 26.4 Å². The van der Waals surface area contributed by atoms with Crippen LogP contribution < -0.4 is 10.1 Å². The van der Waals surface area contributed by atoms with E-state index in [0.717, 1.165) is 6.07 Å². The minimum atomic E-state index is -0.470. The first-order chi connectivity index (χ1) is 13.8. The number of anilines is 1. The number of carbonyl (C=O) groups is 1. The molecule has 0 aliphatic carbocycles. The van der Waals surface area contributed by atoms with Gasteiger partial charge in [-0.2, -0.15) is 0 Å². The first-order valence-electron chi connectivity index (χ1n) is 8.53. The molecule has 1 amide bonds. The molecule has 1 atom stereocenters. The SMILES string of the molecule is CC(Oc1ccccc1Cl)c1nnc(SCC(=O)Nc2ccc(F)cc2Cl)n1C. The third kappa shape index (κ3) is 5.41. The molecule has 0 bridgehead atoms. The van der Waals surface area contributed by atoms with E-state index >= 15 is 0 Å². The van der Waals surface area contributed by atoms with Crippen molar-refractivity contribution in [3.05, 3.63) is 64.2 Å². The van der Waals surface area contributed by atoms with Gasteiger partial charge in [-0.1, -0.05) is 47.1 Å². The number of rotatable bonds is 7. The Kier molecular flexibility index (Phi) is 7.00. The van der Waals surface area contributed by atoms with Crippen molar-refractivity contribution in [1.82, 2.24) is 14.8 Å².